The number of benzene rings is 2. The van der Waals surface area contributed by atoms with Crippen molar-refractivity contribution in [1.82, 2.24) is 4.90 Å². The molecule has 2 aromatic carbocycles. The molecular formula is C23H17Cl4F3N2O5. The lowest BCUT2D eigenvalue weighted by molar-refractivity contribution is -0.151. The van der Waals surface area contributed by atoms with E-state index in [-0.39, 0.29) is 43.6 Å². The summed E-state index contributed by atoms with van der Waals surface area (Å²) in [5.74, 6) is -4.41. The summed E-state index contributed by atoms with van der Waals surface area (Å²) in [6.45, 7) is 2.42. The second-order valence-corrected chi connectivity index (χ2v) is 9.84. The van der Waals surface area contributed by atoms with E-state index in [0.717, 1.165) is 18.2 Å². The lowest BCUT2D eigenvalue weighted by Crippen LogP contribution is -2.47. The van der Waals surface area contributed by atoms with Crippen LogP contribution in [-0.4, -0.2) is 41.2 Å². The van der Waals surface area contributed by atoms with Gasteiger partial charge in [-0.2, -0.15) is 13.2 Å². The zero-order chi connectivity index (χ0) is 27.8. The first-order valence-electron chi connectivity index (χ1n) is 10.5. The first-order valence-corrected chi connectivity index (χ1v) is 12.0. The van der Waals surface area contributed by atoms with Crippen molar-refractivity contribution in [1.29, 1.82) is 0 Å². The fourth-order valence-corrected chi connectivity index (χ4v) is 4.68. The SMILES string of the molecule is CC(C)CC(C(=O)OCC(=O)Nc1ccccc1C(F)(F)F)N1C(=O)c2c(Cl)c(Cl)c(Cl)c(Cl)c2C1=O. The lowest BCUT2D eigenvalue weighted by Gasteiger charge is -2.26. The van der Waals surface area contributed by atoms with Gasteiger partial charge in [0.25, 0.3) is 17.7 Å². The highest BCUT2D eigenvalue weighted by molar-refractivity contribution is 6.55. The van der Waals surface area contributed by atoms with Gasteiger partial charge in [0.2, 0.25) is 0 Å². The Bertz CT molecular complexity index is 1250. The molecule has 1 heterocycles. The number of carbonyl (C=O) groups excluding carboxylic acids is 4. The van der Waals surface area contributed by atoms with Gasteiger partial charge in [-0.15, -0.1) is 0 Å². The Morgan fingerprint density at radius 1 is 0.946 bits per heavy atom. The number of para-hydroxylation sites is 1. The van der Waals surface area contributed by atoms with Crippen molar-refractivity contribution in [3.8, 4) is 0 Å². The summed E-state index contributed by atoms with van der Waals surface area (Å²) in [7, 11) is 0. The molecule has 0 saturated carbocycles. The third-order valence-corrected chi connectivity index (χ3v) is 7.06. The van der Waals surface area contributed by atoms with Crippen molar-refractivity contribution >= 4 is 75.8 Å². The van der Waals surface area contributed by atoms with Crippen LogP contribution < -0.4 is 5.32 Å². The maximum atomic E-state index is 13.2. The maximum absolute atomic E-state index is 13.2. The number of carbonyl (C=O) groups is 4. The number of imide groups is 1. The minimum atomic E-state index is -4.73. The zero-order valence-corrected chi connectivity index (χ0v) is 22.0. The zero-order valence-electron chi connectivity index (χ0n) is 19.0. The summed E-state index contributed by atoms with van der Waals surface area (Å²) in [5.41, 5.74) is -2.30. The van der Waals surface area contributed by atoms with Gasteiger partial charge < -0.3 is 10.1 Å². The minimum absolute atomic E-state index is 0.0699. The summed E-state index contributed by atoms with van der Waals surface area (Å²) in [6.07, 6.45) is -4.80. The highest BCUT2D eigenvalue weighted by Gasteiger charge is 2.47. The van der Waals surface area contributed by atoms with E-state index in [0.29, 0.717) is 4.90 Å². The van der Waals surface area contributed by atoms with Crippen molar-refractivity contribution in [3.63, 3.8) is 0 Å². The molecule has 1 aliphatic rings. The summed E-state index contributed by atoms with van der Waals surface area (Å²) in [6, 6.07) is 2.74. The number of fused-ring (bicyclic) bond motifs is 1. The van der Waals surface area contributed by atoms with Crippen LogP contribution in [0.5, 0.6) is 0 Å². The minimum Gasteiger partial charge on any atom is -0.454 e. The van der Waals surface area contributed by atoms with Gasteiger partial charge in [0.05, 0.1) is 42.5 Å². The number of alkyl halides is 3. The number of rotatable bonds is 7. The molecule has 7 nitrogen and oxygen atoms in total. The predicted octanol–water partition coefficient (Wildman–Crippen LogP) is 6.51. The maximum Gasteiger partial charge on any atom is 0.418 e. The third-order valence-electron chi connectivity index (χ3n) is 5.26. The molecule has 198 valence electrons. The van der Waals surface area contributed by atoms with Gasteiger partial charge in [-0.05, 0) is 24.5 Å². The Morgan fingerprint density at radius 3 is 1.95 bits per heavy atom. The molecule has 0 saturated heterocycles. The number of nitrogens with zero attached hydrogens (tertiary/aromatic N) is 1. The van der Waals surface area contributed by atoms with Gasteiger partial charge in [0.1, 0.15) is 6.04 Å². The van der Waals surface area contributed by atoms with Crippen molar-refractivity contribution in [3.05, 3.63) is 61.0 Å². The van der Waals surface area contributed by atoms with Gasteiger partial charge in [-0.1, -0.05) is 72.4 Å². The number of anilines is 1. The lowest BCUT2D eigenvalue weighted by atomic mass is 10.0. The van der Waals surface area contributed by atoms with E-state index >= 15 is 0 Å². The number of amides is 3. The number of esters is 1. The van der Waals surface area contributed by atoms with Crippen LogP contribution in [0.15, 0.2) is 24.3 Å². The van der Waals surface area contributed by atoms with Gasteiger partial charge in [-0.25, -0.2) is 4.79 Å². The summed E-state index contributed by atoms with van der Waals surface area (Å²) < 4.78 is 44.5. The average Bonchev–Trinajstić information content (AvgIpc) is 3.07. The van der Waals surface area contributed by atoms with E-state index < -0.39 is 53.8 Å². The van der Waals surface area contributed by atoms with Crippen molar-refractivity contribution in [2.24, 2.45) is 5.92 Å². The topological polar surface area (TPSA) is 92.8 Å². The largest absolute Gasteiger partial charge is 0.454 e. The molecule has 0 spiro atoms. The van der Waals surface area contributed by atoms with Crippen molar-refractivity contribution in [2.45, 2.75) is 32.5 Å². The van der Waals surface area contributed by atoms with Crippen molar-refractivity contribution < 1.29 is 37.1 Å². The van der Waals surface area contributed by atoms with Crippen LogP contribution in [0.25, 0.3) is 0 Å². The molecule has 0 aromatic heterocycles. The number of hydrogen-bond acceptors (Lipinski definition) is 5. The summed E-state index contributed by atoms with van der Waals surface area (Å²) >= 11 is 24.3. The van der Waals surface area contributed by atoms with Crippen LogP contribution in [0.3, 0.4) is 0 Å². The number of nitrogens with one attached hydrogen (secondary N) is 1. The van der Waals surface area contributed by atoms with Crippen molar-refractivity contribution in [2.75, 3.05) is 11.9 Å². The van der Waals surface area contributed by atoms with Gasteiger partial charge >= 0.3 is 12.1 Å². The second kappa shape index (κ2) is 11.1. The average molecular weight is 600 g/mol. The third kappa shape index (κ3) is 5.82. The van der Waals surface area contributed by atoms with Crippen LogP contribution in [-0.2, 0) is 20.5 Å². The molecule has 14 heteroatoms. The molecule has 0 radical (unpaired) electrons. The molecule has 1 atom stereocenters. The highest BCUT2D eigenvalue weighted by Crippen LogP contribution is 2.45. The van der Waals surface area contributed by atoms with Crippen LogP contribution in [0, 0.1) is 5.92 Å². The summed E-state index contributed by atoms with van der Waals surface area (Å²) in [4.78, 5) is 52.1. The first kappa shape index (κ1) is 29.0. The molecule has 0 aliphatic carbocycles. The highest BCUT2D eigenvalue weighted by atomic mass is 35.5. The number of hydrogen-bond donors (Lipinski definition) is 1. The van der Waals surface area contributed by atoms with Crippen LogP contribution in [0.4, 0.5) is 18.9 Å². The van der Waals surface area contributed by atoms with E-state index in [2.05, 4.69) is 0 Å². The van der Waals surface area contributed by atoms with Gasteiger partial charge in [0, 0.05) is 0 Å². The standard InChI is InChI=1S/C23H17Cl4F3N2O5/c1-9(2)7-12(32-20(34)14-15(21(32)35)17(25)19(27)18(26)16(14)24)22(36)37-8-13(33)31-11-6-4-3-5-10(11)23(28,29)30/h3-6,9,12H,7-8H2,1-2H3,(H,31,33). The molecule has 1 aliphatic heterocycles. The van der Waals surface area contributed by atoms with Crippen LogP contribution in [0.2, 0.25) is 20.1 Å². The molecule has 0 bridgehead atoms. The normalized spacial score (nSPS) is 14.2. The Kier molecular flexibility index (Phi) is 8.68. The van der Waals surface area contributed by atoms with Crippen LogP contribution >= 0.6 is 46.4 Å². The first-order chi connectivity index (χ1) is 17.2. The second-order valence-electron chi connectivity index (χ2n) is 8.33. The molecule has 3 rings (SSSR count). The molecule has 37 heavy (non-hydrogen) atoms. The number of halogens is 7. The van der Waals surface area contributed by atoms with Crippen LogP contribution in [0.1, 0.15) is 46.5 Å². The van der Waals surface area contributed by atoms with E-state index in [1.807, 2.05) is 5.32 Å². The predicted molar refractivity (Wildman–Crippen MR) is 131 cm³/mol. The quantitative estimate of drug-likeness (QED) is 0.169. The molecule has 3 amide bonds. The van der Waals surface area contributed by atoms with E-state index in [1.165, 1.54) is 6.07 Å². The van der Waals surface area contributed by atoms with E-state index in [4.69, 9.17) is 51.1 Å². The molecular weight excluding hydrogens is 583 g/mol. The van der Waals surface area contributed by atoms with E-state index in [9.17, 15) is 32.3 Å². The molecule has 2 aromatic rings. The molecule has 0 fully saturated rings. The summed E-state index contributed by atoms with van der Waals surface area (Å²) in [5, 5.41) is 0.867. The smallest absolute Gasteiger partial charge is 0.418 e. The van der Waals surface area contributed by atoms with E-state index in [1.54, 1.807) is 13.8 Å². The molecule has 1 N–H and O–H groups in total. The van der Waals surface area contributed by atoms with Gasteiger partial charge in [0.15, 0.2) is 6.61 Å². The monoisotopic (exact) mass is 598 g/mol. The number of ether oxygens (including phenoxy) is 1. The fourth-order valence-electron chi connectivity index (χ4n) is 3.66. The Hall–Kier alpha value is -2.53. The molecule has 1 unspecified atom stereocenters. The Morgan fingerprint density at radius 2 is 1.46 bits per heavy atom. The Labute approximate surface area is 228 Å². The Balaban J connectivity index is 1.82. The van der Waals surface area contributed by atoms with Gasteiger partial charge in [-0.3, -0.25) is 19.3 Å². The fraction of sp³-hybridized carbons (Fsp3) is 0.304.